The van der Waals surface area contributed by atoms with Crippen molar-refractivity contribution in [3.05, 3.63) is 119 Å². The Labute approximate surface area is 202 Å². The number of hydrogen-bond donors (Lipinski definition) is 0. The van der Waals surface area contributed by atoms with Crippen LogP contribution in [-0.2, 0) is 31.7 Å². The zero-order valence-corrected chi connectivity index (χ0v) is 19.5. The summed E-state index contributed by atoms with van der Waals surface area (Å²) in [6.45, 7) is 10.4. The van der Waals surface area contributed by atoms with Gasteiger partial charge in [0, 0.05) is 11.1 Å². The maximum absolute atomic E-state index is 11.5. The summed E-state index contributed by atoms with van der Waals surface area (Å²) in [5.41, 5.74) is 7.18. The molecule has 2 radical (unpaired) electrons. The predicted molar refractivity (Wildman–Crippen MR) is 138 cm³/mol. The topological polar surface area (TPSA) is 52.6 Å². The van der Waals surface area contributed by atoms with Crippen LogP contribution in [0.2, 0.25) is 0 Å². The van der Waals surface area contributed by atoms with Crippen LogP contribution in [0.4, 0.5) is 0 Å². The van der Waals surface area contributed by atoms with E-state index < -0.39 is 11.9 Å². The summed E-state index contributed by atoms with van der Waals surface area (Å²) in [5, 5.41) is 0. The first-order valence-electron chi connectivity index (χ1n) is 11.0. The van der Waals surface area contributed by atoms with Gasteiger partial charge in [0.05, 0.1) is 0 Å². The highest BCUT2D eigenvalue weighted by molar-refractivity contribution is 6.49. The fourth-order valence-corrected chi connectivity index (χ4v) is 3.12. The Morgan fingerprint density at radius 3 is 1.12 bits per heavy atom. The van der Waals surface area contributed by atoms with E-state index in [0.717, 1.165) is 23.8 Å². The number of benzene rings is 3. The fraction of sp³-hybridized carbons (Fsp3) is 0.143. The van der Waals surface area contributed by atoms with Gasteiger partial charge in [0.2, 0.25) is 0 Å². The SMILES string of the molecule is C=C(C)C(=O)O[B]c1ccc(Cc2ccc(Cc3ccc([B]OC(=O)C(=C)C)cc3)cc2)cc1. The Morgan fingerprint density at radius 1 is 0.588 bits per heavy atom. The van der Waals surface area contributed by atoms with E-state index in [2.05, 4.69) is 37.4 Å². The van der Waals surface area contributed by atoms with Crippen LogP contribution >= 0.6 is 0 Å². The molecule has 3 rings (SSSR count). The second-order valence-corrected chi connectivity index (χ2v) is 8.26. The summed E-state index contributed by atoms with van der Waals surface area (Å²) in [7, 11) is 2.88. The van der Waals surface area contributed by atoms with Crippen molar-refractivity contribution in [2.24, 2.45) is 0 Å². The van der Waals surface area contributed by atoms with E-state index in [4.69, 9.17) is 9.31 Å². The highest BCUT2D eigenvalue weighted by Crippen LogP contribution is 2.13. The summed E-state index contributed by atoms with van der Waals surface area (Å²) in [6.07, 6.45) is 1.64. The minimum atomic E-state index is -0.428. The van der Waals surface area contributed by atoms with Gasteiger partial charge in [0.1, 0.15) is 0 Å². The van der Waals surface area contributed by atoms with E-state index in [9.17, 15) is 9.59 Å². The zero-order valence-electron chi connectivity index (χ0n) is 19.5. The van der Waals surface area contributed by atoms with Crippen LogP contribution in [0, 0.1) is 0 Å². The normalized spacial score (nSPS) is 10.2. The molecule has 0 aliphatic heterocycles. The molecule has 3 aromatic rings. The quantitative estimate of drug-likeness (QED) is 0.352. The molecule has 34 heavy (non-hydrogen) atoms. The van der Waals surface area contributed by atoms with Gasteiger partial charge in [-0.2, -0.15) is 0 Å². The van der Waals surface area contributed by atoms with E-state index in [0.29, 0.717) is 11.1 Å². The van der Waals surface area contributed by atoms with Crippen molar-refractivity contribution in [2.45, 2.75) is 26.7 Å². The van der Waals surface area contributed by atoms with Gasteiger partial charge >= 0.3 is 26.9 Å². The van der Waals surface area contributed by atoms with Gasteiger partial charge in [0.25, 0.3) is 0 Å². The van der Waals surface area contributed by atoms with E-state index in [1.165, 1.54) is 37.2 Å². The van der Waals surface area contributed by atoms with Crippen molar-refractivity contribution in [1.29, 1.82) is 0 Å². The average Bonchev–Trinajstić information content (AvgIpc) is 2.83. The minimum Gasteiger partial charge on any atom is -0.530 e. The summed E-state index contributed by atoms with van der Waals surface area (Å²) >= 11 is 0. The van der Waals surface area contributed by atoms with Crippen LogP contribution in [0.1, 0.15) is 36.1 Å². The predicted octanol–water partition coefficient (Wildman–Crippen LogP) is 3.60. The Hall–Kier alpha value is -3.79. The van der Waals surface area contributed by atoms with Crippen molar-refractivity contribution in [2.75, 3.05) is 0 Å². The lowest BCUT2D eigenvalue weighted by atomic mass is 9.86. The molecule has 0 heterocycles. The molecule has 3 aromatic carbocycles. The molecule has 4 nitrogen and oxygen atoms in total. The Balaban J connectivity index is 1.50. The largest absolute Gasteiger partial charge is 0.530 e. The number of hydrogen-bond acceptors (Lipinski definition) is 4. The van der Waals surface area contributed by atoms with Crippen LogP contribution in [0.5, 0.6) is 0 Å². The second kappa shape index (κ2) is 11.9. The lowest BCUT2D eigenvalue weighted by Crippen LogP contribution is -2.21. The van der Waals surface area contributed by atoms with Gasteiger partial charge in [-0.25, -0.2) is 9.59 Å². The molecule has 0 saturated carbocycles. The third-order valence-corrected chi connectivity index (χ3v) is 5.10. The molecule has 0 aliphatic carbocycles. The average molecular weight is 448 g/mol. The summed E-state index contributed by atoms with van der Waals surface area (Å²) < 4.78 is 10.1. The maximum atomic E-state index is 11.5. The maximum Gasteiger partial charge on any atom is 0.413 e. The van der Waals surface area contributed by atoms with Crippen LogP contribution in [0.15, 0.2) is 97.1 Å². The minimum absolute atomic E-state index is 0.369. The Kier molecular flexibility index (Phi) is 8.69. The third-order valence-electron chi connectivity index (χ3n) is 5.10. The number of rotatable bonds is 10. The summed E-state index contributed by atoms with van der Waals surface area (Å²) in [4.78, 5) is 23.0. The Bertz CT molecular complexity index is 1070. The lowest BCUT2D eigenvalue weighted by Gasteiger charge is -2.07. The molecule has 0 saturated heterocycles. The molecule has 0 aliphatic rings. The van der Waals surface area contributed by atoms with Crippen molar-refractivity contribution >= 4 is 37.8 Å². The molecule has 0 N–H and O–H groups in total. The molecular formula is C28H26B2O4. The van der Waals surface area contributed by atoms with Crippen LogP contribution in [-0.4, -0.2) is 26.9 Å². The van der Waals surface area contributed by atoms with Gasteiger partial charge in [-0.15, -0.1) is 0 Å². The summed E-state index contributed by atoms with van der Waals surface area (Å²) in [5.74, 6) is -0.856. The molecule has 0 fully saturated rings. The first-order chi connectivity index (χ1) is 16.3. The molecule has 0 atom stereocenters. The number of carbonyl (C=O) groups excluding carboxylic acids is 2. The van der Waals surface area contributed by atoms with Gasteiger partial charge in [-0.1, -0.05) is 86.0 Å². The van der Waals surface area contributed by atoms with Crippen LogP contribution in [0.3, 0.4) is 0 Å². The molecule has 0 aromatic heterocycles. The van der Waals surface area contributed by atoms with E-state index >= 15 is 0 Å². The highest BCUT2D eigenvalue weighted by atomic mass is 16.5. The van der Waals surface area contributed by atoms with E-state index in [1.807, 2.05) is 48.5 Å². The van der Waals surface area contributed by atoms with Crippen molar-refractivity contribution in [3.8, 4) is 0 Å². The van der Waals surface area contributed by atoms with Crippen LogP contribution < -0.4 is 10.9 Å². The second-order valence-electron chi connectivity index (χ2n) is 8.26. The lowest BCUT2D eigenvalue weighted by molar-refractivity contribution is -0.130. The first kappa shape index (κ1) is 24.8. The molecule has 0 unspecified atom stereocenters. The molecule has 168 valence electrons. The Morgan fingerprint density at radius 2 is 0.853 bits per heavy atom. The van der Waals surface area contributed by atoms with Gasteiger partial charge in [-0.3, -0.25) is 0 Å². The monoisotopic (exact) mass is 448 g/mol. The smallest absolute Gasteiger partial charge is 0.413 e. The molecule has 0 spiro atoms. The van der Waals surface area contributed by atoms with Crippen molar-refractivity contribution in [3.63, 3.8) is 0 Å². The molecule has 6 heteroatoms. The third kappa shape index (κ3) is 7.66. The standard InChI is InChI=1S/C28H26B2O4/c1-19(2)27(31)33-29-25-13-9-23(10-14-25)17-21-5-7-22(8-6-21)18-24-11-15-26(16-12-24)30-34-28(32)20(3)4/h5-16H,1,3,17-18H2,2,4H3. The van der Waals surface area contributed by atoms with E-state index in [1.54, 1.807) is 13.8 Å². The first-order valence-corrected chi connectivity index (χ1v) is 11.0. The fourth-order valence-electron chi connectivity index (χ4n) is 3.12. The summed E-state index contributed by atoms with van der Waals surface area (Å²) in [6, 6.07) is 24.4. The van der Waals surface area contributed by atoms with Crippen molar-refractivity contribution in [1.82, 2.24) is 0 Å². The highest BCUT2D eigenvalue weighted by Gasteiger charge is 2.08. The van der Waals surface area contributed by atoms with Gasteiger partial charge in [0.15, 0.2) is 0 Å². The van der Waals surface area contributed by atoms with E-state index in [-0.39, 0.29) is 0 Å². The zero-order chi connectivity index (χ0) is 24.5. The van der Waals surface area contributed by atoms with Crippen LogP contribution in [0.25, 0.3) is 0 Å². The van der Waals surface area contributed by atoms with Gasteiger partial charge < -0.3 is 9.31 Å². The molecular weight excluding hydrogens is 422 g/mol. The van der Waals surface area contributed by atoms with Crippen molar-refractivity contribution < 1.29 is 18.9 Å². The number of carbonyl (C=O) groups is 2. The van der Waals surface area contributed by atoms with Gasteiger partial charge in [-0.05, 0) is 59.9 Å². The molecule has 0 amide bonds. The molecule has 0 bridgehead atoms.